The first-order valence-electron chi connectivity index (χ1n) is 7.91. The summed E-state index contributed by atoms with van der Waals surface area (Å²) < 4.78 is 11.4. The van der Waals surface area contributed by atoms with Crippen molar-refractivity contribution in [3.63, 3.8) is 0 Å². The van der Waals surface area contributed by atoms with Gasteiger partial charge in [-0.05, 0) is 51.0 Å². The van der Waals surface area contributed by atoms with E-state index in [9.17, 15) is 5.11 Å². The van der Waals surface area contributed by atoms with Crippen molar-refractivity contribution < 1.29 is 19.5 Å². The van der Waals surface area contributed by atoms with Crippen molar-refractivity contribution in [1.29, 1.82) is 0 Å². The molecule has 1 aromatic rings. The summed E-state index contributed by atoms with van der Waals surface area (Å²) in [4.78, 5) is 1.37. The summed E-state index contributed by atoms with van der Waals surface area (Å²) in [5.74, 6) is 0.761. The Bertz CT molecular complexity index is 476. The molecule has 0 amide bonds. The highest BCUT2D eigenvalue weighted by Crippen LogP contribution is 2.25. The molecule has 3 atom stereocenters. The number of aliphatic hydroxyl groups is 1. The van der Waals surface area contributed by atoms with E-state index < -0.39 is 6.10 Å². The van der Waals surface area contributed by atoms with Gasteiger partial charge >= 0.3 is 0 Å². The maximum Gasteiger partial charge on any atom is 0.137 e. The molecule has 0 unspecified atom stereocenters. The highest BCUT2D eigenvalue weighted by Gasteiger charge is 2.27. The molecule has 0 saturated carbocycles. The van der Waals surface area contributed by atoms with E-state index in [0.717, 1.165) is 35.0 Å². The van der Waals surface area contributed by atoms with Gasteiger partial charge in [0.15, 0.2) is 0 Å². The zero-order valence-corrected chi connectivity index (χ0v) is 14.6. The highest BCUT2D eigenvalue weighted by molar-refractivity contribution is 6.32. The summed E-state index contributed by atoms with van der Waals surface area (Å²) in [5, 5.41) is 11.0. The predicted octanol–water partition coefficient (Wildman–Crippen LogP) is 1.39. The van der Waals surface area contributed by atoms with E-state index in [-0.39, 0.29) is 12.2 Å². The van der Waals surface area contributed by atoms with Crippen molar-refractivity contribution >= 4 is 11.6 Å². The Morgan fingerprint density at radius 1 is 1.27 bits per heavy atom. The Morgan fingerprint density at radius 3 is 2.36 bits per heavy atom. The summed E-state index contributed by atoms with van der Waals surface area (Å²) >= 11 is 6.15. The van der Waals surface area contributed by atoms with E-state index in [4.69, 9.17) is 21.1 Å². The van der Waals surface area contributed by atoms with Crippen LogP contribution in [0.2, 0.25) is 5.02 Å². The molecule has 124 valence electrons. The number of nitrogens with one attached hydrogen (secondary N) is 1. The number of aliphatic hydroxyl groups excluding tert-OH is 1. The van der Waals surface area contributed by atoms with Gasteiger partial charge in [0, 0.05) is 5.02 Å². The minimum Gasteiger partial charge on any atom is -0.491 e. The standard InChI is InChI=1S/C17H26ClNO3/c1-11-5-16(6-12(2)17(11)18)21-10-15(20)9-19-7-13(3)22-14(4)8-19/h5-6,13-15,20H,7-10H2,1-4H3/p+1/t13-,14-,15+/m1/s1. The van der Waals surface area contributed by atoms with Crippen LogP contribution in [0.5, 0.6) is 5.75 Å². The second-order valence-electron chi connectivity index (χ2n) is 6.46. The quantitative estimate of drug-likeness (QED) is 0.858. The Balaban J connectivity index is 1.84. The predicted molar refractivity (Wildman–Crippen MR) is 88.0 cm³/mol. The fourth-order valence-corrected chi connectivity index (χ4v) is 3.24. The van der Waals surface area contributed by atoms with Crippen molar-refractivity contribution in [3.8, 4) is 5.75 Å². The molecule has 1 saturated heterocycles. The van der Waals surface area contributed by atoms with Gasteiger partial charge in [0.2, 0.25) is 0 Å². The van der Waals surface area contributed by atoms with Gasteiger partial charge in [0.25, 0.3) is 0 Å². The molecule has 1 fully saturated rings. The van der Waals surface area contributed by atoms with Gasteiger partial charge in [-0.2, -0.15) is 0 Å². The SMILES string of the molecule is Cc1cc(OC[C@@H](O)C[NH+]2C[C@@H](C)O[C@H](C)C2)cc(C)c1Cl. The van der Waals surface area contributed by atoms with E-state index in [0.29, 0.717) is 13.2 Å². The lowest BCUT2D eigenvalue weighted by molar-refractivity contribution is -0.918. The molecular weight excluding hydrogens is 302 g/mol. The van der Waals surface area contributed by atoms with Crippen LogP contribution in [-0.4, -0.2) is 49.7 Å². The van der Waals surface area contributed by atoms with Gasteiger partial charge in [-0.25, -0.2) is 0 Å². The molecule has 0 bridgehead atoms. The number of quaternary nitrogens is 1. The molecule has 0 aliphatic carbocycles. The molecule has 2 N–H and O–H groups in total. The maximum atomic E-state index is 10.2. The third kappa shape index (κ3) is 4.85. The first-order chi connectivity index (χ1) is 10.3. The van der Waals surface area contributed by atoms with Crippen LogP contribution in [0.25, 0.3) is 0 Å². The van der Waals surface area contributed by atoms with Crippen LogP contribution >= 0.6 is 11.6 Å². The van der Waals surface area contributed by atoms with Crippen LogP contribution in [0.3, 0.4) is 0 Å². The van der Waals surface area contributed by atoms with E-state index in [1.54, 1.807) is 0 Å². The summed E-state index contributed by atoms with van der Waals surface area (Å²) in [7, 11) is 0. The number of hydrogen-bond donors (Lipinski definition) is 2. The summed E-state index contributed by atoms with van der Waals surface area (Å²) in [6.07, 6.45) is 0.00524. The van der Waals surface area contributed by atoms with Crippen molar-refractivity contribution in [2.75, 3.05) is 26.2 Å². The third-order valence-electron chi connectivity index (χ3n) is 3.99. The first-order valence-corrected chi connectivity index (χ1v) is 8.29. The average Bonchev–Trinajstić information content (AvgIpc) is 2.41. The van der Waals surface area contributed by atoms with Gasteiger partial charge in [0.1, 0.15) is 50.3 Å². The molecule has 4 nitrogen and oxygen atoms in total. The normalized spacial score (nSPS) is 26.7. The molecular formula is C17H27ClNO3+. The van der Waals surface area contributed by atoms with E-state index in [1.165, 1.54) is 4.90 Å². The summed E-state index contributed by atoms with van der Waals surface area (Å²) in [5.41, 5.74) is 1.99. The monoisotopic (exact) mass is 328 g/mol. The van der Waals surface area contributed by atoms with Gasteiger partial charge in [-0.3, -0.25) is 0 Å². The number of ether oxygens (including phenoxy) is 2. The van der Waals surface area contributed by atoms with Gasteiger partial charge in [-0.1, -0.05) is 11.6 Å². The molecule has 22 heavy (non-hydrogen) atoms. The fraction of sp³-hybridized carbons (Fsp3) is 0.647. The molecule has 0 radical (unpaired) electrons. The van der Waals surface area contributed by atoms with Crippen molar-refractivity contribution in [2.45, 2.75) is 46.0 Å². The largest absolute Gasteiger partial charge is 0.491 e. The maximum absolute atomic E-state index is 10.2. The van der Waals surface area contributed by atoms with Gasteiger partial charge in [0.05, 0.1) is 0 Å². The number of morpholine rings is 1. The Morgan fingerprint density at radius 2 is 1.82 bits per heavy atom. The number of halogens is 1. The zero-order valence-electron chi connectivity index (χ0n) is 13.9. The minimum absolute atomic E-state index is 0.244. The highest BCUT2D eigenvalue weighted by atomic mass is 35.5. The molecule has 0 spiro atoms. The Hall–Kier alpha value is -0.810. The molecule has 1 aromatic carbocycles. The van der Waals surface area contributed by atoms with Crippen LogP contribution in [0.15, 0.2) is 12.1 Å². The lowest BCUT2D eigenvalue weighted by Gasteiger charge is -2.33. The molecule has 1 heterocycles. The number of hydrogen-bond acceptors (Lipinski definition) is 3. The van der Waals surface area contributed by atoms with Gasteiger partial charge in [-0.15, -0.1) is 0 Å². The average molecular weight is 329 g/mol. The van der Waals surface area contributed by atoms with Crippen LogP contribution < -0.4 is 9.64 Å². The van der Waals surface area contributed by atoms with Crippen LogP contribution in [0, 0.1) is 13.8 Å². The van der Waals surface area contributed by atoms with Crippen molar-refractivity contribution in [1.82, 2.24) is 0 Å². The lowest BCUT2D eigenvalue weighted by atomic mass is 10.1. The summed E-state index contributed by atoms with van der Waals surface area (Å²) in [6, 6.07) is 3.82. The minimum atomic E-state index is -0.483. The lowest BCUT2D eigenvalue weighted by Crippen LogP contribution is -3.16. The molecule has 0 aromatic heterocycles. The van der Waals surface area contributed by atoms with E-state index in [2.05, 4.69) is 13.8 Å². The first kappa shape index (κ1) is 17.5. The topological polar surface area (TPSA) is 43.1 Å². The molecule has 1 aliphatic heterocycles. The van der Waals surface area contributed by atoms with Crippen molar-refractivity contribution in [3.05, 3.63) is 28.3 Å². The second kappa shape index (κ2) is 7.64. The smallest absolute Gasteiger partial charge is 0.137 e. The molecule has 2 rings (SSSR count). The molecule has 5 heteroatoms. The Labute approximate surface area is 138 Å². The van der Waals surface area contributed by atoms with Gasteiger partial charge < -0.3 is 19.5 Å². The summed E-state index contributed by atoms with van der Waals surface area (Å²) in [6.45, 7) is 10.9. The number of aryl methyl sites for hydroxylation is 2. The van der Waals surface area contributed by atoms with Crippen molar-refractivity contribution in [2.24, 2.45) is 0 Å². The number of rotatable bonds is 5. The number of benzene rings is 1. The van der Waals surface area contributed by atoms with Crippen LogP contribution in [0.4, 0.5) is 0 Å². The molecule has 1 aliphatic rings. The fourth-order valence-electron chi connectivity index (χ4n) is 3.13. The van der Waals surface area contributed by atoms with Crippen LogP contribution in [-0.2, 0) is 4.74 Å². The van der Waals surface area contributed by atoms with E-state index in [1.807, 2.05) is 26.0 Å². The zero-order chi connectivity index (χ0) is 16.3. The second-order valence-corrected chi connectivity index (χ2v) is 6.83. The van der Waals surface area contributed by atoms with E-state index >= 15 is 0 Å². The third-order valence-corrected chi connectivity index (χ3v) is 4.59. The Kier molecular flexibility index (Phi) is 6.09. The van der Waals surface area contributed by atoms with Crippen LogP contribution in [0.1, 0.15) is 25.0 Å².